The molecule has 0 saturated carbocycles. The number of hydrogen-bond donors (Lipinski definition) is 0. The largest absolute Gasteiger partial charge is 0.224 e. The van der Waals surface area contributed by atoms with Gasteiger partial charge in [0.1, 0.15) is 11.6 Å². The smallest absolute Gasteiger partial charge is 0.178 e. The SMILES string of the molecule is CCS(=O)(=O)c1cc(F)c(Br)c(F)c1. The molecule has 0 heterocycles. The van der Waals surface area contributed by atoms with Gasteiger partial charge in [-0.1, -0.05) is 6.92 Å². The summed E-state index contributed by atoms with van der Waals surface area (Å²) in [6.45, 7) is 1.41. The lowest BCUT2D eigenvalue weighted by Crippen LogP contribution is -2.05. The molecule has 1 aromatic rings. The van der Waals surface area contributed by atoms with Crippen LogP contribution in [0.1, 0.15) is 6.92 Å². The Hall–Kier alpha value is -0.490. The Balaban J connectivity index is 3.41. The average Bonchev–Trinajstić information content (AvgIpc) is 2.13. The summed E-state index contributed by atoms with van der Waals surface area (Å²) in [6.07, 6.45) is 0. The van der Waals surface area contributed by atoms with Crippen LogP contribution in [-0.2, 0) is 9.84 Å². The quantitative estimate of drug-likeness (QED) is 0.782. The van der Waals surface area contributed by atoms with Gasteiger partial charge in [0.25, 0.3) is 0 Å². The highest BCUT2D eigenvalue weighted by atomic mass is 79.9. The van der Waals surface area contributed by atoms with Gasteiger partial charge in [-0.25, -0.2) is 17.2 Å². The maximum absolute atomic E-state index is 13.0. The highest BCUT2D eigenvalue weighted by Crippen LogP contribution is 2.23. The number of halogens is 3. The predicted molar refractivity (Wildman–Crippen MR) is 51.8 cm³/mol. The van der Waals surface area contributed by atoms with Gasteiger partial charge in [-0.2, -0.15) is 0 Å². The zero-order valence-corrected chi connectivity index (χ0v) is 9.62. The van der Waals surface area contributed by atoms with Crippen molar-refractivity contribution < 1.29 is 17.2 Å². The minimum atomic E-state index is -3.56. The van der Waals surface area contributed by atoms with Gasteiger partial charge in [0.15, 0.2) is 9.84 Å². The molecule has 0 amide bonds. The lowest BCUT2D eigenvalue weighted by Gasteiger charge is -2.03. The Kier molecular flexibility index (Phi) is 3.26. The van der Waals surface area contributed by atoms with Crippen molar-refractivity contribution in [2.75, 3.05) is 5.75 Å². The van der Waals surface area contributed by atoms with Crippen molar-refractivity contribution >= 4 is 25.8 Å². The van der Waals surface area contributed by atoms with E-state index in [-0.39, 0.29) is 15.1 Å². The predicted octanol–water partition coefficient (Wildman–Crippen LogP) is 2.52. The van der Waals surface area contributed by atoms with Crippen LogP contribution in [0.4, 0.5) is 8.78 Å². The molecule has 0 aliphatic heterocycles. The molecule has 0 fully saturated rings. The first-order valence-corrected chi connectivity index (χ1v) is 6.20. The van der Waals surface area contributed by atoms with Gasteiger partial charge in [0, 0.05) is 0 Å². The zero-order chi connectivity index (χ0) is 10.9. The van der Waals surface area contributed by atoms with Gasteiger partial charge >= 0.3 is 0 Å². The second kappa shape index (κ2) is 3.94. The monoisotopic (exact) mass is 284 g/mol. The zero-order valence-electron chi connectivity index (χ0n) is 7.22. The Morgan fingerprint density at radius 3 is 2.07 bits per heavy atom. The van der Waals surface area contributed by atoms with Gasteiger partial charge in [0.05, 0.1) is 15.1 Å². The molecule has 0 unspecified atom stereocenters. The van der Waals surface area contributed by atoms with E-state index in [4.69, 9.17) is 0 Å². The first-order valence-electron chi connectivity index (χ1n) is 3.75. The van der Waals surface area contributed by atoms with Crippen LogP contribution in [0.5, 0.6) is 0 Å². The molecule has 14 heavy (non-hydrogen) atoms. The maximum Gasteiger partial charge on any atom is 0.178 e. The third kappa shape index (κ3) is 2.12. The van der Waals surface area contributed by atoms with E-state index < -0.39 is 21.5 Å². The topological polar surface area (TPSA) is 34.1 Å². The van der Waals surface area contributed by atoms with Crippen LogP contribution in [-0.4, -0.2) is 14.2 Å². The first kappa shape index (κ1) is 11.6. The number of sulfone groups is 1. The van der Waals surface area contributed by atoms with Crippen molar-refractivity contribution in [3.63, 3.8) is 0 Å². The minimum absolute atomic E-state index is 0.187. The molecule has 6 heteroatoms. The maximum atomic E-state index is 13.0. The van der Waals surface area contributed by atoms with Crippen molar-refractivity contribution in [3.05, 3.63) is 28.2 Å². The minimum Gasteiger partial charge on any atom is -0.224 e. The average molecular weight is 285 g/mol. The Labute approximate surface area is 89.0 Å². The van der Waals surface area contributed by atoms with Crippen LogP contribution in [0.25, 0.3) is 0 Å². The van der Waals surface area contributed by atoms with Crippen LogP contribution in [0, 0.1) is 11.6 Å². The summed E-state index contributed by atoms with van der Waals surface area (Å²) in [5.41, 5.74) is 0. The van der Waals surface area contributed by atoms with Gasteiger partial charge in [0.2, 0.25) is 0 Å². The summed E-state index contributed by atoms with van der Waals surface area (Å²) in [6, 6.07) is 1.60. The fourth-order valence-corrected chi connectivity index (χ4v) is 2.01. The third-order valence-electron chi connectivity index (χ3n) is 1.70. The molecule has 0 radical (unpaired) electrons. The van der Waals surface area contributed by atoms with Crippen molar-refractivity contribution in [1.29, 1.82) is 0 Å². The Morgan fingerprint density at radius 1 is 1.29 bits per heavy atom. The molecule has 1 rings (SSSR count). The van der Waals surface area contributed by atoms with Crippen molar-refractivity contribution in [3.8, 4) is 0 Å². The summed E-state index contributed by atoms with van der Waals surface area (Å²) in [7, 11) is -3.56. The number of rotatable bonds is 2. The second-order valence-corrected chi connectivity index (χ2v) is 5.68. The molecule has 0 spiro atoms. The van der Waals surface area contributed by atoms with Crippen LogP contribution in [0.15, 0.2) is 21.5 Å². The molecule has 0 N–H and O–H groups in total. The van der Waals surface area contributed by atoms with Crippen molar-refractivity contribution in [2.45, 2.75) is 11.8 Å². The van der Waals surface area contributed by atoms with Crippen LogP contribution >= 0.6 is 15.9 Å². The third-order valence-corrected chi connectivity index (χ3v) is 4.17. The van der Waals surface area contributed by atoms with E-state index in [0.717, 1.165) is 12.1 Å². The molecule has 2 nitrogen and oxygen atoms in total. The normalized spacial score (nSPS) is 11.7. The van der Waals surface area contributed by atoms with E-state index >= 15 is 0 Å². The molecule has 1 aromatic carbocycles. The molecule has 78 valence electrons. The summed E-state index contributed by atoms with van der Waals surface area (Å²) in [4.78, 5) is -0.335. The van der Waals surface area contributed by atoms with E-state index in [0.29, 0.717) is 0 Å². The molecule has 0 aliphatic rings. The highest BCUT2D eigenvalue weighted by Gasteiger charge is 2.16. The second-order valence-electron chi connectivity index (χ2n) is 2.60. The van der Waals surface area contributed by atoms with E-state index in [1.165, 1.54) is 6.92 Å². The molecule has 0 atom stereocenters. The fraction of sp³-hybridized carbons (Fsp3) is 0.250. The van der Waals surface area contributed by atoms with Crippen molar-refractivity contribution in [1.82, 2.24) is 0 Å². The van der Waals surface area contributed by atoms with E-state index in [2.05, 4.69) is 15.9 Å². The summed E-state index contributed by atoms with van der Waals surface area (Å²) in [5, 5.41) is 0. The van der Waals surface area contributed by atoms with E-state index in [9.17, 15) is 17.2 Å². The molecular formula is C8H7BrF2O2S. The summed E-state index contributed by atoms with van der Waals surface area (Å²) >= 11 is 2.66. The number of hydrogen-bond acceptors (Lipinski definition) is 2. The molecule has 0 aromatic heterocycles. The molecule has 0 saturated heterocycles. The Morgan fingerprint density at radius 2 is 1.71 bits per heavy atom. The Bertz CT molecular complexity index is 433. The summed E-state index contributed by atoms with van der Waals surface area (Å²) < 4.78 is 48.1. The van der Waals surface area contributed by atoms with E-state index in [1.54, 1.807) is 0 Å². The van der Waals surface area contributed by atoms with Crippen LogP contribution < -0.4 is 0 Å². The van der Waals surface area contributed by atoms with Gasteiger partial charge in [-0.05, 0) is 28.1 Å². The molecule has 0 aliphatic carbocycles. The first-order chi connectivity index (χ1) is 6.38. The van der Waals surface area contributed by atoms with Gasteiger partial charge in [-0.15, -0.1) is 0 Å². The fourth-order valence-electron chi connectivity index (χ4n) is 0.878. The van der Waals surface area contributed by atoms with Gasteiger partial charge in [-0.3, -0.25) is 0 Å². The lowest BCUT2D eigenvalue weighted by molar-refractivity contribution is 0.558. The molecular weight excluding hydrogens is 278 g/mol. The summed E-state index contributed by atoms with van der Waals surface area (Å²) in [5.74, 6) is -2.03. The molecule has 0 bridgehead atoms. The van der Waals surface area contributed by atoms with Crippen molar-refractivity contribution in [2.24, 2.45) is 0 Å². The van der Waals surface area contributed by atoms with E-state index in [1.807, 2.05) is 0 Å². The highest BCUT2D eigenvalue weighted by molar-refractivity contribution is 9.10. The number of benzene rings is 1. The lowest BCUT2D eigenvalue weighted by atomic mass is 10.3. The van der Waals surface area contributed by atoms with Crippen LogP contribution in [0.2, 0.25) is 0 Å². The standard InChI is InChI=1S/C8H7BrF2O2S/c1-2-14(12,13)5-3-6(10)8(9)7(11)4-5/h3-4H,2H2,1H3. The van der Waals surface area contributed by atoms with Crippen LogP contribution in [0.3, 0.4) is 0 Å². The van der Waals surface area contributed by atoms with Gasteiger partial charge < -0.3 is 0 Å².